The highest BCUT2D eigenvalue weighted by Crippen LogP contribution is 2.10. The zero-order valence-corrected chi connectivity index (χ0v) is 8.95. The minimum atomic E-state index is 0.607. The van der Waals surface area contributed by atoms with Crippen molar-refractivity contribution in [2.75, 3.05) is 13.2 Å². The minimum Gasteiger partial charge on any atom is -0.377 e. The fourth-order valence-corrected chi connectivity index (χ4v) is 1.88. The van der Waals surface area contributed by atoms with Gasteiger partial charge in [-0.3, -0.25) is 0 Å². The summed E-state index contributed by atoms with van der Waals surface area (Å²) in [5.41, 5.74) is 1.01. The molecule has 0 aliphatic carbocycles. The van der Waals surface area contributed by atoms with Crippen molar-refractivity contribution >= 4 is 0 Å². The Bertz CT molecular complexity index is 256. The molecule has 4 nitrogen and oxygen atoms in total. The fraction of sp³-hybridized carbons (Fsp3) is 0.727. The fourth-order valence-electron chi connectivity index (χ4n) is 1.88. The Morgan fingerprint density at radius 1 is 1.53 bits per heavy atom. The molecule has 1 saturated heterocycles. The van der Waals surface area contributed by atoms with Crippen LogP contribution < -0.4 is 5.32 Å². The highest BCUT2D eigenvalue weighted by atomic mass is 16.5. The van der Waals surface area contributed by atoms with Crippen molar-refractivity contribution in [3.05, 3.63) is 18.0 Å². The SMILES string of the molecule is c1nocc1COCCC1CCCCN1. The van der Waals surface area contributed by atoms with E-state index in [0.29, 0.717) is 12.6 Å². The van der Waals surface area contributed by atoms with Gasteiger partial charge in [-0.05, 0) is 25.8 Å². The normalized spacial score (nSPS) is 21.7. The molecule has 4 heteroatoms. The molecule has 1 aliphatic heterocycles. The van der Waals surface area contributed by atoms with Gasteiger partial charge in [0.2, 0.25) is 0 Å². The Hall–Kier alpha value is -0.870. The summed E-state index contributed by atoms with van der Waals surface area (Å²) in [6.07, 6.45) is 8.38. The number of ether oxygens (including phenoxy) is 1. The van der Waals surface area contributed by atoms with Gasteiger partial charge in [0.25, 0.3) is 0 Å². The van der Waals surface area contributed by atoms with E-state index < -0.39 is 0 Å². The first kappa shape index (κ1) is 10.6. The lowest BCUT2D eigenvalue weighted by Gasteiger charge is -2.23. The number of rotatable bonds is 5. The first-order valence-corrected chi connectivity index (χ1v) is 5.64. The summed E-state index contributed by atoms with van der Waals surface area (Å²) in [6, 6.07) is 0.654. The highest BCUT2D eigenvalue weighted by Gasteiger charge is 2.11. The number of aromatic nitrogens is 1. The van der Waals surface area contributed by atoms with E-state index in [2.05, 4.69) is 10.5 Å². The molecule has 1 atom stereocenters. The quantitative estimate of drug-likeness (QED) is 0.752. The van der Waals surface area contributed by atoms with E-state index in [0.717, 1.165) is 25.1 Å². The van der Waals surface area contributed by atoms with Gasteiger partial charge in [0.05, 0.1) is 12.8 Å². The minimum absolute atomic E-state index is 0.607. The van der Waals surface area contributed by atoms with Gasteiger partial charge in [-0.1, -0.05) is 11.6 Å². The summed E-state index contributed by atoms with van der Waals surface area (Å²) in [7, 11) is 0. The Labute approximate surface area is 90.0 Å². The predicted octanol–water partition coefficient (Wildman–Crippen LogP) is 1.72. The van der Waals surface area contributed by atoms with Gasteiger partial charge >= 0.3 is 0 Å². The van der Waals surface area contributed by atoms with Gasteiger partial charge in [-0.25, -0.2) is 0 Å². The smallest absolute Gasteiger partial charge is 0.129 e. The van der Waals surface area contributed by atoms with Crippen LogP contribution in [0.4, 0.5) is 0 Å². The summed E-state index contributed by atoms with van der Waals surface area (Å²) in [5.74, 6) is 0. The molecule has 84 valence electrons. The van der Waals surface area contributed by atoms with Crippen molar-refractivity contribution in [3.8, 4) is 0 Å². The average molecular weight is 210 g/mol. The van der Waals surface area contributed by atoms with E-state index in [-0.39, 0.29) is 0 Å². The van der Waals surface area contributed by atoms with E-state index in [1.165, 1.54) is 19.3 Å². The molecule has 2 rings (SSSR count). The van der Waals surface area contributed by atoms with Gasteiger partial charge in [-0.2, -0.15) is 0 Å². The second kappa shape index (κ2) is 5.88. The average Bonchev–Trinajstić information content (AvgIpc) is 2.79. The summed E-state index contributed by atoms with van der Waals surface area (Å²) in [4.78, 5) is 0. The Kier molecular flexibility index (Phi) is 4.17. The third kappa shape index (κ3) is 3.64. The predicted molar refractivity (Wildman–Crippen MR) is 56.4 cm³/mol. The monoisotopic (exact) mass is 210 g/mol. The molecular weight excluding hydrogens is 192 g/mol. The number of nitrogens with zero attached hydrogens (tertiary/aromatic N) is 1. The Morgan fingerprint density at radius 2 is 2.53 bits per heavy atom. The van der Waals surface area contributed by atoms with Crippen LogP contribution >= 0.6 is 0 Å². The molecule has 0 saturated carbocycles. The zero-order valence-electron chi connectivity index (χ0n) is 8.95. The lowest BCUT2D eigenvalue weighted by atomic mass is 10.0. The molecule has 0 amide bonds. The van der Waals surface area contributed by atoms with E-state index >= 15 is 0 Å². The van der Waals surface area contributed by atoms with Crippen molar-refractivity contribution in [1.82, 2.24) is 10.5 Å². The van der Waals surface area contributed by atoms with Gasteiger partial charge < -0.3 is 14.6 Å². The number of piperidine rings is 1. The summed E-state index contributed by atoms with van der Waals surface area (Å²) < 4.78 is 10.3. The molecule has 0 aromatic carbocycles. The van der Waals surface area contributed by atoms with Crippen LogP contribution in [0.3, 0.4) is 0 Å². The van der Waals surface area contributed by atoms with Crippen LogP contribution in [0, 0.1) is 0 Å². The second-order valence-electron chi connectivity index (χ2n) is 4.02. The molecule has 1 N–H and O–H groups in total. The molecule has 1 unspecified atom stereocenters. The number of nitrogens with one attached hydrogen (secondary N) is 1. The van der Waals surface area contributed by atoms with Gasteiger partial charge in [0.15, 0.2) is 0 Å². The van der Waals surface area contributed by atoms with Crippen molar-refractivity contribution in [2.24, 2.45) is 0 Å². The van der Waals surface area contributed by atoms with Crippen LogP contribution in [-0.4, -0.2) is 24.4 Å². The topological polar surface area (TPSA) is 47.3 Å². The number of hydrogen-bond donors (Lipinski definition) is 1. The lowest BCUT2D eigenvalue weighted by Crippen LogP contribution is -2.34. The molecule has 1 aliphatic rings. The maximum Gasteiger partial charge on any atom is 0.129 e. The molecule has 1 aromatic heterocycles. The summed E-state index contributed by atoms with van der Waals surface area (Å²) in [5, 5.41) is 7.13. The van der Waals surface area contributed by atoms with Crippen molar-refractivity contribution in [2.45, 2.75) is 38.3 Å². The first-order valence-electron chi connectivity index (χ1n) is 5.64. The Balaban J connectivity index is 1.54. The van der Waals surface area contributed by atoms with Crippen LogP contribution in [-0.2, 0) is 11.3 Å². The highest BCUT2D eigenvalue weighted by molar-refractivity contribution is 4.97. The maximum absolute atomic E-state index is 5.54. The number of hydrogen-bond acceptors (Lipinski definition) is 4. The standard InChI is InChI=1S/C11H18N2O2/c1-2-5-12-11(3-1)4-6-14-8-10-7-13-15-9-10/h7,9,11-12H,1-6,8H2. The van der Waals surface area contributed by atoms with Gasteiger partial charge in [-0.15, -0.1) is 0 Å². The largest absolute Gasteiger partial charge is 0.377 e. The van der Waals surface area contributed by atoms with Crippen molar-refractivity contribution in [1.29, 1.82) is 0 Å². The molecular formula is C11H18N2O2. The van der Waals surface area contributed by atoms with Crippen LogP contribution in [0.5, 0.6) is 0 Å². The van der Waals surface area contributed by atoms with Gasteiger partial charge in [0, 0.05) is 18.2 Å². The molecule has 0 spiro atoms. The van der Waals surface area contributed by atoms with E-state index in [1.54, 1.807) is 12.5 Å². The summed E-state index contributed by atoms with van der Waals surface area (Å²) >= 11 is 0. The lowest BCUT2D eigenvalue weighted by molar-refractivity contribution is 0.108. The van der Waals surface area contributed by atoms with Crippen LogP contribution in [0.15, 0.2) is 17.0 Å². The molecule has 2 heterocycles. The maximum atomic E-state index is 5.54. The van der Waals surface area contributed by atoms with Crippen molar-refractivity contribution in [3.63, 3.8) is 0 Å². The van der Waals surface area contributed by atoms with Crippen LogP contribution in [0.1, 0.15) is 31.2 Å². The van der Waals surface area contributed by atoms with Crippen LogP contribution in [0.25, 0.3) is 0 Å². The van der Waals surface area contributed by atoms with E-state index in [4.69, 9.17) is 9.26 Å². The molecule has 1 aromatic rings. The zero-order chi connectivity index (χ0) is 10.3. The molecule has 0 radical (unpaired) electrons. The van der Waals surface area contributed by atoms with Crippen molar-refractivity contribution < 1.29 is 9.26 Å². The van der Waals surface area contributed by atoms with Crippen LogP contribution in [0.2, 0.25) is 0 Å². The summed E-state index contributed by atoms with van der Waals surface area (Å²) in [6.45, 7) is 2.58. The molecule has 0 bridgehead atoms. The van der Waals surface area contributed by atoms with E-state index in [1.807, 2.05) is 0 Å². The molecule has 1 fully saturated rings. The second-order valence-corrected chi connectivity index (χ2v) is 4.02. The van der Waals surface area contributed by atoms with E-state index in [9.17, 15) is 0 Å². The third-order valence-corrected chi connectivity index (χ3v) is 2.78. The first-order chi connectivity index (χ1) is 7.45. The Morgan fingerprint density at radius 3 is 3.27 bits per heavy atom. The third-order valence-electron chi connectivity index (χ3n) is 2.78. The van der Waals surface area contributed by atoms with Gasteiger partial charge in [0.1, 0.15) is 6.26 Å². The molecule has 15 heavy (non-hydrogen) atoms.